The third-order valence-corrected chi connectivity index (χ3v) is 6.37. The van der Waals surface area contributed by atoms with E-state index >= 15 is 0 Å². The van der Waals surface area contributed by atoms with E-state index in [1.54, 1.807) is 18.2 Å². The van der Waals surface area contributed by atoms with Gasteiger partial charge in [0.15, 0.2) is 5.43 Å². The van der Waals surface area contributed by atoms with Gasteiger partial charge in [-0.1, -0.05) is 29.8 Å². The molecule has 24 heavy (non-hydrogen) atoms. The van der Waals surface area contributed by atoms with Crippen molar-refractivity contribution in [3.8, 4) is 11.1 Å². The smallest absolute Gasteiger partial charge is 0.352 e. The molecular formula is C16H8ClNO5S. The molecular weight excluding hydrogens is 354 g/mol. The summed E-state index contributed by atoms with van der Waals surface area (Å²) in [6.45, 7) is 0. The van der Waals surface area contributed by atoms with Crippen molar-refractivity contribution >= 4 is 38.3 Å². The van der Waals surface area contributed by atoms with Gasteiger partial charge in [-0.15, -0.1) is 0 Å². The molecule has 0 saturated heterocycles. The number of nitrogens with one attached hydrogen (secondary N) is 1. The molecule has 0 saturated carbocycles. The van der Waals surface area contributed by atoms with Gasteiger partial charge in [-0.25, -0.2) is 13.2 Å². The molecule has 0 fully saturated rings. The van der Waals surface area contributed by atoms with Crippen molar-refractivity contribution in [2.24, 2.45) is 0 Å². The van der Waals surface area contributed by atoms with Crippen molar-refractivity contribution in [3.05, 3.63) is 57.3 Å². The maximum Gasteiger partial charge on any atom is 0.352 e. The van der Waals surface area contributed by atoms with Gasteiger partial charge >= 0.3 is 5.97 Å². The van der Waals surface area contributed by atoms with E-state index in [1.165, 1.54) is 12.1 Å². The number of sulfone groups is 1. The second kappa shape index (κ2) is 4.68. The Morgan fingerprint density at radius 3 is 2.54 bits per heavy atom. The van der Waals surface area contributed by atoms with Crippen LogP contribution in [0.3, 0.4) is 0 Å². The summed E-state index contributed by atoms with van der Waals surface area (Å²) in [6.07, 6.45) is 0. The first kappa shape index (κ1) is 14.9. The molecule has 1 aromatic heterocycles. The standard InChI is InChI=1S/C16H8ClNO5S/c17-14-13-9(18-10(16(20)21)6-11(13)19)5-8-7-3-1-2-4-12(7)24(22,23)15(8)14/h1-6H,(H,18,19)(H,20,21). The Labute approximate surface area is 140 Å². The fraction of sp³-hybridized carbons (Fsp3) is 0. The minimum atomic E-state index is -3.83. The first-order chi connectivity index (χ1) is 11.3. The van der Waals surface area contributed by atoms with Crippen LogP contribution in [0.5, 0.6) is 0 Å². The summed E-state index contributed by atoms with van der Waals surface area (Å²) in [5.74, 6) is -1.29. The average molecular weight is 362 g/mol. The Bertz CT molecular complexity index is 1230. The lowest BCUT2D eigenvalue weighted by molar-refractivity contribution is 0.0691. The first-order valence-corrected chi connectivity index (χ1v) is 8.66. The van der Waals surface area contributed by atoms with Crippen molar-refractivity contribution in [1.82, 2.24) is 4.98 Å². The summed E-state index contributed by atoms with van der Waals surface area (Å²) in [5.41, 5.74) is 0.0486. The second-order valence-corrected chi connectivity index (χ2v) is 7.57. The van der Waals surface area contributed by atoms with Crippen LogP contribution >= 0.6 is 11.6 Å². The summed E-state index contributed by atoms with van der Waals surface area (Å²) in [5, 5.41) is 8.83. The van der Waals surface area contributed by atoms with Crippen molar-refractivity contribution in [2.75, 3.05) is 0 Å². The Morgan fingerprint density at radius 2 is 1.83 bits per heavy atom. The number of hydrogen-bond donors (Lipinski definition) is 2. The number of aromatic carboxylic acids is 1. The number of halogens is 1. The molecule has 0 atom stereocenters. The van der Waals surface area contributed by atoms with Crippen LogP contribution in [0.4, 0.5) is 0 Å². The van der Waals surface area contributed by atoms with Crippen molar-refractivity contribution in [2.45, 2.75) is 9.79 Å². The van der Waals surface area contributed by atoms with Gasteiger partial charge in [-0.3, -0.25) is 4.79 Å². The van der Waals surface area contributed by atoms with Crippen LogP contribution in [-0.4, -0.2) is 24.5 Å². The lowest BCUT2D eigenvalue weighted by atomic mass is 10.0. The van der Waals surface area contributed by atoms with Crippen molar-refractivity contribution in [3.63, 3.8) is 0 Å². The number of aromatic nitrogens is 1. The summed E-state index contributed by atoms with van der Waals surface area (Å²) >= 11 is 6.25. The van der Waals surface area contributed by atoms with Crippen LogP contribution in [0.1, 0.15) is 10.5 Å². The molecule has 120 valence electrons. The van der Waals surface area contributed by atoms with Gasteiger partial charge in [0.05, 0.1) is 25.7 Å². The van der Waals surface area contributed by atoms with Crippen LogP contribution in [0.15, 0.2) is 51.0 Å². The highest BCUT2D eigenvalue weighted by Gasteiger charge is 2.36. The number of carboxylic acids is 1. The van der Waals surface area contributed by atoms with Crippen LogP contribution in [-0.2, 0) is 9.84 Å². The van der Waals surface area contributed by atoms with Gasteiger partial charge in [0.1, 0.15) is 5.69 Å². The third-order valence-electron chi connectivity index (χ3n) is 3.98. The Morgan fingerprint density at radius 1 is 1.12 bits per heavy atom. The zero-order valence-corrected chi connectivity index (χ0v) is 13.4. The Hall–Kier alpha value is -2.64. The minimum Gasteiger partial charge on any atom is -0.477 e. The number of fused-ring (bicyclic) bond motifs is 4. The van der Waals surface area contributed by atoms with Gasteiger partial charge in [0, 0.05) is 17.2 Å². The van der Waals surface area contributed by atoms with E-state index < -0.39 is 21.2 Å². The van der Waals surface area contributed by atoms with E-state index in [4.69, 9.17) is 16.7 Å². The van der Waals surface area contributed by atoms with E-state index in [9.17, 15) is 18.0 Å². The highest BCUT2D eigenvalue weighted by Crippen LogP contribution is 2.47. The number of H-pyrrole nitrogens is 1. The normalized spacial score (nSPS) is 14.4. The molecule has 0 amide bonds. The maximum absolute atomic E-state index is 12.7. The summed E-state index contributed by atoms with van der Waals surface area (Å²) in [6, 6.07) is 8.74. The molecule has 2 N–H and O–H groups in total. The topological polar surface area (TPSA) is 104 Å². The largest absolute Gasteiger partial charge is 0.477 e. The fourth-order valence-corrected chi connectivity index (χ4v) is 5.31. The monoisotopic (exact) mass is 361 g/mol. The Kier molecular flexibility index (Phi) is 2.91. The van der Waals surface area contributed by atoms with Gasteiger partial charge in [0.2, 0.25) is 9.84 Å². The minimum absolute atomic E-state index is 0.0446. The third kappa shape index (κ3) is 1.79. The first-order valence-electron chi connectivity index (χ1n) is 6.79. The predicted molar refractivity (Wildman–Crippen MR) is 87.4 cm³/mol. The number of hydrogen-bond acceptors (Lipinski definition) is 4. The molecule has 1 aliphatic heterocycles. The van der Waals surface area contributed by atoms with Crippen LogP contribution in [0, 0.1) is 0 Å². The summed E-state index contributed by atoms with van der Waals surface area (Å²) in [7, 11) is -3.83. The maximum atomic E-state index is 12.7. The highest BCUT2D eigenvalue weighted by atomic mass is 35.5. The summed E-state index contributed by atoms with van der Waals surface area (Å²) in [4.78, 5) is 26.0. The number of pyridine rings is 1. The molecule has 0 unspecified atom stereocenters. The number of benzene rings is 2. The number of carboxylic acid groups (broad SMARTS) is 1. The lowest BCUT2D eigenvalue weighted by Gasteiger charge is -2.07. The molecule has 1 aliphatic rings. The number of carbonyl (C=O) groups is 1. The van der Waals surface area contributed by atoms with E-state index in [0.29, 0.717) is 11.1 Å². The second-order valence-electron chi connectivity index (χ2n) is 5.34. The van der Waals surface area contributed by atoms with E-state index in [0.717, 1.165) is 6.07 Å². The zero-order valence-electron chi connectivity index (χ0n) is 11.8. The van der Waals surface area contributed by atoms with Gasteiger partial charge in [-0.2, -0.15) is 0 Å². The van der Waals surface area contributed by atoms with E-state index in [2.05, 4.69) is 4.98 Å². The average Bonchev–Trinajstić information content (AvgIpc) is 2.75. The summed E-state index contributed by atoms with van der Waals surface area (Å²) < 4.78 is 25.5. The molecule has 8 heteroatoms. The molecule has 6 nitrogen and oxygen atoms in total. The SMILES string of the molecule is O=C(O)c1cc(=O)c2c(Cl)c3c(cc2[nH]1)-c1ccccc1S3(=O)=O. The predicted octanol–water partition coefficient (Wildman–Crippen LogP) is 2.69. The molecule has 3 aromatic rings. The van der Waals surface area contributed by atoms with Crippen LogP contribution in [0.25, 0.3) is 22.0 Å². The van der Waals surface area contributed by atoms with Crippen molar-refractivity contribution < 1.29 is 18.3 Å². The van der Waals surface area contributed by atoms with Gasteiger partial charge in [0.25, 0.3) is 0 Å². The molecule has 0 spiro atoms. The molecule has 0 bridgehead atoms. The Balaban J connectivity index is 2.23. The quantitative estimate of drug-likeness (QED) is 0.542. The van der Waals surface area contributed by atoms with E-state index in [1.807, 2.05) is 0 Å². The highest BCUT2D eigenvalue weighted by molar-refractivity contribution is 7.92. The van der Waals surface area contributed by atoms with Crippen LogP contribution < -0.4 is 5.43 Å². The zero-order chi connectivity index (χ0) is 17.2. The van der Waals surface area contributed by atoms with Gasteiger partial charge < -0.3 is 10.1 Å². The molecule has 2 aromatic carbocycles. The molecule has 0 aliphatic carbocycles. The number of rotatable bonds is 1. The van der Waals surface area contributed by atoms with Crippen molar-refractivity contribution in [1.29, 1.82) is 0 Å². The molecule has 0 radical (unpaired) electrons. The lowest BCUT2D eigenvalue weighted by Crippen LogP contribution is -2.11. The van der Waals surface area contributed by atoms with Gasteiger partial charge in [-0.05, 0) is 12.1 Å². The van der Waals surface area contributed by atoms with E-state index in [-0.39, 0.29) is 31.4 Å². The molecule has 4 rings (SSSR count). The number of aromatic amines is 1. The molecule has 2 heterocycles. The fourth-order valence-electron chi connectivity index (χ4n) is 2.97. The van der Waals surface area contributed by atoms with Crippen LogP contribution in [0.2, 0.25) is 5.02 Å².